The van der Waals surface area contributed by atoms with E-state index in [0.717, 1.165) is 0 Å². The quantitative estimate of drug-likeness (QED) is 0.757. The van der Waals surface area contributed by atoms with Crippen molar-refractivity contribution in [1.82, 2.24) is 0 Å². The Kier molecular flexibility index (Phi) is 3.20. The first-order chi connectivity index (χ1) is 5.61. The zero-order chi connectivity index (χ0) is 9.14. The summed E-state index contributed by atoms with van der Waals surface area (Å²) in [4.78, 5) is 0. The minimum atomic E-state index is -2.06. The number of hydrogen-bond donors (Lipinski definition) is 1. The smallest absolute Gasteiger partial charge is 0.157 e. The molecule has 1 N–H and O–H groups in total. The molecule has 1 aromatic carbocycles. The Bertz CT molecular complexity index is 296. The summed E-state index contributed by atoms with van der Waals surface area (Å²) >= 11 is 3.53. The van der Waals surface area contributed by atoms with Gasteiger partial charge in [0, 0.05) is 10.6 Å². The summed E-state index contributed by atoms with van der Waals surface area (Å²) in [6, 6.07) is 4.13. The van der Waals surface area contributed by atoms with E-state index in [1.807, 2.05) is 0 Å². The van der Waals surface area contributed by atoms with Crippen LogP contribution in [0.3, 0.4) is 0 Å². The van der Waals surface area contributed by atoms with E-state index in [1.54, 1.807) is 0 Å². The molecule has 1 atom stereocenters. The Morgan fingerprint density at radius 3 is 2.75 bits per heavy atom. The Morgan fingerprint density at radius 2 is 2.25 bits per heavy atom. The molecule has 0 saturated carbocycles. The first-order valence-electron chi connectivity index (χ1n) is 3.11. The number of halogens is 2. The van der Waals surface area contributed by atoms with E-state index in [-0.39, 0.29) is 16.3 Å². The van der Waals surface area contributed by atoms with Gasteiger partial charge in [0.05, 0.1) is 5.75 Å². The molecule has 0 saturated heterocycles. The number of hydrogen-bond acceptors (Lipinski definition) is 1. The molecule has 1 rings (SSSR count). The summed E-state index contributed by atoms with van der Waals surface area (Å²) in [5.74, 6) is -0.823. The highest BCUT2D eigenvalue weighted by atomic mass is 35.5. The minimum Gasteiger partial charge on any atom is -0.306 e. The largest absolute Gasteiger partial charge is 0.306 e. The van der Waals surface area contributed by atoms with Crippen LogP contribution in [-0.4, -0.2) is 8.76 Å². The zero-order valence-electron chi connectivity index (χ0n) is 5.96. The van der Waals surface area contributed by atoms with E-state index in [9.17, 15) is 8.60 Å². The van der Waals surface area contributed by atoms with Crippen LogP contribution in [-0.2, 0) is 16.8 Å². The monoisotopic (exact) mass is 208 g/mol. The topological polar surface area (TPSA) is 37.3 Å². The lowest BCUT2D eigenvalue weighted by Gasteiger charge is -2.01. The van der Waals surface area contributed by atoms with Crippen molar-refractivity contribution in [2.45, 2.75) is 5.75 Å². The molecule has 2 nitrogen and oxygen atoms in total. The van der Waals surface area contributed by atoms with E-state index in [2.05, 4.69) is 0 Å². The molecule has 0 aliphatic heterocycles. The van der Waals surface area contributed by atoms with E-state index in [4.69, 9.17) is 16.2 Å². The fourth-order valence-electron chi connectivity index (χ4n) is 0.794. The Balaban J connectivity index is 3.04. The van der Waals surface area contributed by atoms with Crippen molar-refractivity contribution in [2.24, 2.45) is 0 Å². The van der Waals surface area contributed by atoms with Gasteiger partial charge in [0.1, 0.15) is 5.82 Å². The van der Waals surface area contributed by atoms with Crippen LogP contribution >= 0.6 is 11.6 Å². The Labute approximate surface area is 76.6 Å². The summed E-state index contributed by atoms with van der Waals surface area (Å²) in [5.41, 5.74) is 0.0833. The minimum absolute atomic E-state index is 0.0833. The first-order valence-corrected chi connectivity index (χ1v) is 4.77. The average molecular weight is 209 g/mol. The lowest BCUT2D eigenvalue weighted by atomic mass is 10.2. The van der Waals surface area contributed by atoms with Gasteiger partial charge in [0.2, 0.25) is 0 Å². The molecule has 66 valence electrons. The molecule has 1 unspecified atom stereocenters. The van der Waals surface area contributed by atoms with Crippen LogP contribution in [0.2, 0.25) is 5.02 Å². The van der Waals surface area contributed by atoms with Crippen LogP contribution < -0.4 is 0 Å². The molecular formula is C7H6ClFO2S. The third-order valence-electron chi connectivity index (χ3n) is 1.33. The lowest BCUT2D eigenvalue weighted by molar-refractivity contribution is 0.559. The highest BCUT2D eigenvalue weighted by molar-refractivity contribution is 7.78. The highest BCUT2D eigenvalue weighted by Gasteiger charge is 2.08. The summed E-state index contributed by atoms with van der Waals surface area (Å²) < 4.78 is 31.7. The van der Waals surface area contributed by atoms with Crippen molar-refractivity contribution in [3.8, 4) is 0 Å². The van der Waals surface area contributed by atoms with Gasteiger partial charge < -0.3 is 4.55 Å². The molecule has 0 spiro atoms. The number of benzene rings is 1. The lowest BCUT2D eigenvalue weighted by Crippen LogP contribution is -1.97. The second-order valence-corrected chi connectivity index (χ2v) is 3.50. The van der Waals surface area contributed by atoms with Crippen molar-refractivity contribution in [2.75, 3.05) is 0 Å². The van der Waals surface area contributed by atoms with Crippen molar-refractivity contribution >= 4 is 22.7 Å². The van der Waals surface area contributed by atoms with Gasteiger partial charge in [-0.15, -0.1) is 0 Å². The summed E-state index contributed by atoms with van der Waals surface area (Å²) in [6.45, 7) is 0. The summed E-state index contributed by atoms with van der Waals surface area (Å²) in [6.07, 6.45) is 0. The van der Waals surface area contributed by atoms with Crippen molar-refractivity contribution in [3.63, 3.8) is 0 Å². The number of rotatable bonds is 2. The highest BCUT2D eigenvalue weighted by Crippen LogP contribution is 2.19. The molecule has 0 heterocycles. The normalized spacial score (nSPS) is 12.9. The predicted octanol–water partition coefficient (Wildman–Crippen LogP) is 2.20. The molecule has 0 radical (unpaired) electrons. The first kappa shape index (κ1) is 9.64. The fourth-order valence-corrected chi connectivity index (χ4v) is 1.64. The molecule has 1 aromatic rings. The predicted molar refractivity (Wildman–Crippen MR) is 45.9 cm³/mol. The molecule has 0 fully saturated rings. The maximum absolute atomic E-state index is 12.9. The van der Waals surface area contributed by atoms with Gasteiger partial charge in [-0.3, -0.25) is 0 Å². The van der Waals surface area contributed by atoms with Crippen LogP contribution in [0.1, 0.15) is 5.56 Å². The third kappa shape index (κ3) is 2.27. The molecule has 0 bridgehead atoms. The van der Waals surface area contributed by atoms with E-state index in [1.165, 1.54) is 18.2 Å². The zero-order valence-corrected chi connectivity index (χ0v) is 7.53. The van der Waals surface area contributed by atoms with Gasteiger partial charge in [-0.2, -0.15) is 0 Å². The molecular weight excluding hydrogens is 203 g/mol. The molecule has 0 aromatic heterocycles. The molecule has 0 aliphatic rings. The average Bonchev–Trinajstić information content (AvgIpc) is 1.97. The van der Waals surface area contributed by atoms with Crippen molar-refractivity contribution in [1.29, 1.82) is 0 Å². The van der Waals surface area contributed by atoms with Crippen LogP contribution in [0, 0.1) is 5.82 Å². The molecule has 12 heavy (non-hydrogen) atoms. The fraction of sp³-hybridized carbons (Fsp3) is 0.143. The summed E-state index contributed by atoms with van der Waals surface area (Å²) in [5, 5.41) is 0.178. The van der Waals surface area contributed by atoms with Gasteiger partial charge >= 0.3 is 0 Å². The van der Waals surface area contributed by atoms with Gasteiger partial charge in [0.15, 0.2) is 11.1 Å². The third-order valence-corrected chi connectivity index (χ3v) is 2.22. The second-order valence-electron chi connectivity index (χ2n) is 2.17. The van der Waals surface area contributed by atoms with Gasteiger partial charge in [-0.25, -0.2) is 8.60 Å². The second kappa shape index (κ2) is 3.98. The van der Waals surface area contributed by atoms with Crippen LogP contribution in [0.5, 0.6) is 0 Å². The Morgan fingerprint density at radius 1 is 1.58 bits per heavy atom. The molecule has 0 aliphatic carbocycles. The maximum atomic E-state index is 12.9. The van der Waals surface area contributed by atoms with Gasteiger partial charge in [-0.05, 0) is 12.1 Å². The van der Waals surface area contributed by atoms with Crippen molar-refractivity contribution in [3.05, 3.63) is 34.6 Å². The standard InChI is InChI=1S/C7H6ClFO2S/c8-6-2-1-3-7(9)5(6)4-12(10)11/h1-3H,4H2,(H,10,11). The summed E-state index contributed by atoms with van der Waals surface area (Å²) in [7, 11) is 0. The molecule has 5 heteroatoms. The Hall–Kier alpha value is -0.450. The van der Waals surface area contributed by atoms with Gasteiger partial charge in [-0.1, -0.05) is 17.7 Å². The maximum Gasteiger partial charge on any atom is 0.157 e. The van der Waals surface area contributed by atoms with Crippen LogP contribution in [0.25, 0.3) is 0 Å². The van der Waals surface area contributed by atoms with Crippen LogP contribution in [0.4, 0.5) is 4.39 Å². The van der Waals surface area contributed by atoms with Crippen LogP contribution in [0.15, 0.2) is 18.2 Å². The van der Waals surface area contributed by atoms with E-state index in [0.29, 0.717) is 0 Å². The van der Waals surface area contributed by atoms with Gasteiger partial charge in [0.25, 0.3) is 0 Å². The molecule has 0 amide bonds. The van der Waals surface area contributed by atoms with E-state index >= 15 is 0 Å². The van der Waals surface area contributed by atoms with E-state index < -0.39 is 16.9 Å². The van der Waals surface area contributed by atoms with Crippen molar-refractivity contribution < 1.29 is 13.2 Å². The SMILES string of the molecule is O=S(O)Cc1c(F)cccc1Cl.